The van der Waals surface area contributed by atoms with Crippen molar-refractivity contribution in [3.63, 3.8) is 0 Å². The van der Waals surface area contributed by atoms with Crippen LogP contribution in [0.5, 0.6) is 0 Å². The van der Waals surface area contributed by atoms with E-state index in [-0.39, 0.29) is 41.2 Å². The summed E-state index contributed by atoms with van der Waals surface area (Å²) in [5, 5.41) is 35.2. The average molecular weight is 730 g/mol. The second kappa shape index (κ2) is 14.3. The van der Waals surface area contributed by atoms with E-state index in [2.05, 4.69) is 68.2 Å². The van der Waals surface area contributed by atoms with Gasteiger partial charge in [0, 0.05) is 40.5 Å². The first-order chi connectivity index (χ1) is 26.0. The lowest BCUT2D eigenvalue weighted by molar-refractivity contribution is -0.177. The highest BCUT2D eigenvalue weighted by molar-refractivity contribution is 6.10. The lowest BCUT2D eigenvalue weighted by Gasteiger charge is -2.71. The number of benzene rings is 3. The maximum Gasteiger partial charge on any atom is 0.189 e. The lowest BCUT2D eigenvalue weighted by atomic mass is 9.32. The first-order valence-corrected chi connectivity index (χ1v) is 20.5. The minimum atomic E-state index is -0.980. The number of nitrogens with zero attached hydrogens (tertiary/aromatic N) is 1. The summed E-state index contributed by atoms with van der Waals surface area (Å²) in [5.74, 6) is 0.399. The number of allylic oxidation sites excluding steroid dienone is 4. The second-order valence-corrected chi connectivity index (χ2v) is 18.0. The van der Waals surface area contributed by atoms with Crippen LogP contribution in [0.3, 0.4) is 0 Å². The smallest absolute Gasteiger partial charge is 0.189 e. The van der Waals surface area contributed by atoms with E-state index in [1.165, 1.54) is 0 Å². The summed E-state index contributed by atoms with van der Waals surface area (Å²) < 4.78 is 5.91. The van der Waals surface area contributed by atoms with Crippen molar-refractivity contribution in [3.8, 4) is 11.1 Å². The molecule has 286 valence electrons. The number of aliphatic hydroxyl groups is 3. The normalized spacial score (nSPS) is 35.6. The summed E-state index contributed by atoms with van der Waals surface area (Å²) in [6.45, 7) is 9.27. The molecule has 3 fully saturated rings. The predicted molar refractivity (Wildman–Crippen MR) is 214 cm³/mol. The number of carbonyl (C=O) groups excluding carboxylic acids is 1. The molecule has 3 aromatic carbocycles. The SMILES string of the molecule is CCCN(CC(O)COCc1ccccc1)CC1(O)CCC2C34C=CC5(C=C3C(=O)c3ccc(-c6ccccc6)cc3)CC(O)CCC5(C)C4CCC21C. The molecule has 0 radical (unpaired) electrons. The van der Waals surface area contributed by atoms with Gasteiger partial charge in [0.15, 0.2) is 5.78 Å². The predicted octanol–water partition coefficient (Wildman–Crippen LogP) is 8.42. The van der Waals surface area contributed by atoms with Crippen molar-refractivity contribution in [2.75, 3.05) is 26.2 Å². The van der Waals surface area contributed by atoms with Gasteiger partial charge in [-0.2, -0.15) is 0 Å². The number of fused-ring (bicyclic) bond motifs is 1. The number of hydrogen-bond donors (Lipinski definition) is 3. The Morgan fingerprint density at radius 1 is 0.852 bits per heavy atom. The number of Topliss-reactive ketones (excluding diaryl/α,β-unsaturated/α-hetero) is 1. The molecule has 0 amide bonds. The highest BCUT2D eigenvalue weighted by Gasteiger charge is 2.74. The highest BCUT2D eigenvalue weighted by Crippen LogP contribution is 2.78. The Bertz CT molecular complexity index is 1880. The first kappa shape index (κ1) is 37.5. The molecule has 54 heavy (non-hydrogen) atoms. The Kier molecular flexibility index (Phi) is 9.92. The number of aliphatic hydroxyl groups excluding tert-OH is 2. The number of ketones is 1. The van der Waals surface area contributed by atoms with Crippen LogP contribution < -0.4 is 0 Å². The van der Waals surface area contributed by atoms with Crippen molar-refractivity contribution in [2.24, 2.45) is 33.5 Å². The van der Waals surface area contributed by atoms with Gasteiger partial charge in [-0.15, -0.1) is 0 Å². The van der Waals surface area contributed by atoms with E-state index in [1.54, 1.807) is 0 Å². The van der Waals surface area contributed by atoms with Crippen LogP contribution in [0.2, 0.25) is 0 Å². The summed E-state index contributed by atoms with van der Waals surface area (Å²) in [6, 6.07) is 28.4. The fourth-order valence-corrected chi connectivity index (χ4v) is 12.4. The van der Waals surface area contributed by atoms with Crippen LogP contribution in [0.1, 0.15) is 88.1 Å². The van der Waals surface area contributed by atoms with Crippen LogP contribution in [-0.2, 0) is 11.3 Å². The van der Waals surface area contributed by atoms with Gasteiger partial charge in [-0.25, -0.2) is 0 Å². The van der Waals surface area contributed by atoms with Crippen LogP contribution in [0.15, 0.2) is 109 Å². The Labute approximate surface area is 322 Å². The summed E-state index contributed by atoms with van der Waals surface area (Å²) in [7, 11) is 0. The van der Waals surface area contributed by atoms with Gasteiger partial charge in [-0.05, 0) is 91.9 Å². The third kappa shape index (κ3) is 5.99. The molecule has 0 aromatic heterocycles. The largest absolute Gasteiger partial charge is 0.393 e. The van der Waals surface area contributed by atoms with Crippen LogP contribution in [0.25, 0.3) is 11.1 Å². The van der Waals surface area contributed by atoms with Crippen LogP contribution in [0.4, 0.5) is 0 Å². The quantitative estimate of drug-likeness (QED) is 0.121. The van der Waals surface area contributed by atoms with Gasteiger partial charge in [0.1, 0.15) is 0 Å². The van der Waals surface area contributed by atoms with E-state index in [4.69, 9.17) is 4.74 Å². The number of carbonyl (C=O) groups is 1. The minimum absolute atomic E-state index is 0.0772. The molecule has 0 saturated heterocycles. The molecule has 3 N–H and O–H groups in total. The monoisotopic (exact) mass is 729 g/mol. The molecule has 2 spiro atoms. The Balaban J connectivity index is 1.09. The molecule has 2 bridgehead atoms. The third-order valence-corrected chi connectivity index (χ3v) is 15.1. The average Bonchev–Trinajstić information content (AvgIpc) is 3.45. The molecule has 9 rings (SSSR count). The maximum atomic E-state index is 15.1. The van der Waals surface area contributed by atoms with Gasteiger partial charge in [-0.3, -0.25) is 9.69 Å². The lowest BCUT2D eigenvalue weighted by Crippen LogP contribution is -2.67. The Morgan fingerprint density at radius 3 is 2.22 bits per heavy atom. The van der Waals surface area contributed by atoms with E-state index in [0.717, 1.165) is 67.3 Å². The minimum Gasteiger partial charge on any atom is -0.393 e. The van der Waals surface area contributed by atoms with Crippen molar-refractivity contribution in [3.05, 3.63) is 120 Å². The molecule has 6 nitrogen and oxygen atoms in total. The summed E-state index contributed by atoms with van der Waals surface area (Å²) >= 11 is 0. The van der Waals surface area contributed by atoms with Crippen molar-refractivity contribution < 1.29 is 24.9 Å². The van der Waals surface area contributed by atoms with Gasteiger partial charge in [0.25, 0.3) is 0 Å². The van der Waals surface area contributed by atoms with Crippen LogP contribution in [-0.4, -0.2) is 70.1 Å². The number of ether oxygens (including phenoxy) is 1. The van der Waals surface area contributed by atoms with E-state index in [9.17, 15) is 15.3 Å². The molecule has 0 aliphatic heterocycles. The topological polar surface area (TPSA) is 90.2 Å². The summed E-state index contributed by atoms with van der Waals surface area (Å²) in [6.07, 6.45) is 12.6. The zero-order chi connectivity index (χ0) is 37.8. The van der Waals surface area contributed by atoms with Crippen molar-refractivity contribution in [2.45, 2.75) is 96.6 Å². The molecule has 0 heterocycles. The number of hydrogen-bond acceptors (Lipinski definition) is 6. The molecular formula is C48H59NO5. The fraction of sp³-hybridized carbons (Fsp3) is 0.521. The molecule has 9 unspecified atom stereocenters. The summed E-state index contributed by atoms with van der Waals surface area (Å²) in [5.41, 5.74) is 2.49. The fourth-order valence-electron chi connectivity index (χ4n) is 12.4. The van der Waals surface area contributed by atoms with Gasteiger partial charge in [0.2, 0.25) is 0 Å². The van der Waals surface area contributed by atoms with E-state index in [0.29, 0.717) is 38.1 Å². The highest BCUT2D eigenvalue weighted by atomic mass is 16.5. The standard InChI is InChI=1S/C48H59NO5/c1-4-27-49(30-39(51)32-54-31-34-11-7-5-8-12-34)33-47(53)24-21-42-45(47,3)23-20-41-44(2)22-19-38(50)28-46(44)25-26-48(41,42)40(29-46)43(52)37-17-15-36(16-18-37)35-13-9-6-10-14-35/h5-18,25-26,29,38-39,41-42,50-51,53H,4,19-24,27-28,30-33H2,1-3H3. The van der Waals surface area contributed by atoms with Crippen molar-refractivity contribution in [1.82, 2.24) is 4.90 Å². The van der Waals surface area contributed by atoms with E-state index in [1.807, 2.05) is 60.7 Å². The molecule has 9 atom stereocenters. The van der Waals surface area contributed by atoms with Crippen molar-refractivity contribution >= 4 is 5.78 Å². The molecule has 3 aromatic rings. The second-order valence-electron chi connectivity index (χ2n) is 18.0. The Morgan fingerprint density at radius 2 is 1.50 bits per heavy atom. The third-order valence-electron chi connectivity index (χ3n) is 15.1. The van der Waals surface area contributed by atoms with Crippen LogP contribution in [0, 0.1) is 33.5 Å². The zero-order valence-corrected chi connectivity index (χ0v) is 32.4. The molecule has 6 aliphatic carbocycles. The van der Waals surface area contributed by atoms with E-state index < -0.39 is 22.5 Å². The molecule has 6 aliphatic rings. The Hall–Kier alpha value is -3.39. The molecular weight excluding hydrogens is 671 g/mol. The van der Waals surface area contributed by atoms with Crippen LogP contribution >= 0.6 is 0 Å². The van der Waals surface area contributed by atoms with Gasteiger partial charge in [-0.1, -0.05) is 124 Å². The van der Waals surface area contributed by atoms with E-state index >= 15 is 4.79 Å². The summed E-state index contributed by atoms with van der Waals surface area (Å²) in [4.78, 5) is 17.3. The first-order valence-electron chi connectivity index (χ1n) is 20.5. The number of rotatable bonds is 13. The van der Waals surface area contributed by atoms with Crippen molar-refractivity contribution in [1.29, 1.82) is 0 Å². The van der Waals surface area contributed by atoms with Gasteiger partial charge in [0.05, 0.1) is 31.0 Å². The zero-order valence-electron chi connectivity index (χ0n) is 32.4. The van der Waals surface area contributed by atoms with Gasteiger partial charge >= 0.3 is 0 Å². The molecule has 3 saturated carbocycles. The molecule has 6 heteroatoms. The van der Waals surface area contributed by atoms with Gasteiger partial charge < -0.3 is 20.1 Å². The maximum absolute atomic E-state index is 15.1.